The van der Waals surface area contributed by atoms with Gasteiger partial charge in [-0.15, -0.1) is 0 Å². The molecule has 1 fully saturated rings. The Hall–Kier alpha value is -2.75. The Morgan fingerprint density at radius 3 is 2.56 bits per heavy atom. The van der Waals surface area contributed by atoms with E-state index in [0.29, 0.717) is 0 Å². The number of carboxylic acid groups (broad SMARTS) is 1. The lowest BCUT2D eigenvalue weighted by atomic mass is 10.0. The summed E-state index contributed by atoms with van der Waals surface area (Å²) in [6, 6.07) is 13.7. The highest BCUT2D eigenvalue weighted by Gasteiger charge is 2.18. The van der Waals surface area contributed by atoms with Crippen molar-refractivity contribution in [2.75, 3.05) is 7.11 Å². The SMILES string of the molecule is COc1ccc(-c2cccc(C=CC(=O)O)c2)cc1OC1CCCC1. The van der Waals surface area contributed by atoms with E-state index < -0.39 is 5.97 Å². The maximum absolute atomic E-state index is 10.7. The van der Waals surface area contributed by atoms with Crippen molar-refractivity contribution in [3.8, 4) is 22.6 Å². The maximum Gasteiger partial charge on any atom is 0.328 e. The number of carboxylic acids is 1. The largest absolute Gasteiger partial charge is 0.493 e. The fourth-order valence-corrected chi connectivity index (χ4v) is 3.12. The fourth-order valence-electron chi connectivity index (χ4n) is 3.12. The van der Waals surface area contributed by atoms with E-state index in [-0.39, 0.29) is 6.10 Å². The minimum Gasteiger partial charge on any atom is -0.493 e. The van der Waals surface area contributed by atoms with E-state index in [1.807, 2.05) is 42.5 Å². The summed E-state index contributed by atoms with van der Waals surface area (Å²) in [6.07, 6.45) is 7.59. The van der Waals surface area contributed by atoms with Gasteiger partial charge < -0.3 is 14.6 Å². The van der Waals surface area contributed by atoms with Crippen LogP contribution < -0.4 is 9.47 Å². The van der Waals surface area contributed by atoms with Gasteiger partial charge in [-0.1, -0.05) is 24.3 Å². The molecule has 2 aromatic carbocycles. The third-order valence-corrected chi connectivity index (χ3v) is 4.40. The van der Waals surface area contributed by atoms with Crippen LogP contribution in [0.5, 0.6) is 11.5 Å². The lowest BCUT2D eigenvalue weighted by molar-refractivity contribution is -0.131. The monoisotopic (exact) mass is 338 g/mol. The van der Waals surface area contributed by atoms with Gasteiger partial charge in [0.15, 0.2) is 11.5 Å². The number of rotatable bonds is 6. The highest BCUT2D eigenvalue weighted by Crippen LogP contribution is 2.35. The number of methoxy groups -OCH3 is 1. The first-order chi connectivity index (χ1) is 12.2. The molecule has 0 heterocycles. The number of aliphatic carboxylic acids is 1. The first-order valence-electron chi connectivity index (χ1n) is 8.52. The van der Waals surface area contributed by atoms with Gasteiger partial charge >= 0.3 is 5.97 Å². The van der Waals surface area contributed by atoms with E-state index >= 15 is 0 Å². The molecule has 0 spiro atoms. The molecule has 1 aliphatic rings. The van der Waals surface area contributed by atoms with Crippen molar-refractivity contribution in [3.63, 3.8) is 0 Å². The minimum absolute atomic E-state index is 0.258. The van der Waals surface area contributed by atoms with Gasteiger partial charge in [-0.2, -0.15) is 0 Å². The Labute approximate surface area is 147 Å². The number of hydrogen-bond donors (Lipinski definition) is 1. The number of ether oxygens (including phenoxy) is 2. The summed E-state index contributed by atoms with van der Waals surface area (Å²) in [7, 11) is 1.65. The fraction of sp³-hybridized carbons (Fsp3) is 0.286. The van der Waals surface area contributed by atoms with Crippen molar-refractivity contribution in [3.05, 3.63) is 54.1 Å². The summed E-state index contributed by atoms with van der Waals surface area (Å²) in [5.74, 6) is 0.540. The number of carbonyl (C=O) groups is 1. The molecule has 1 aliphatic carbocycles. The Morgan fingerprint density at radius 2 is 1.84 bits per heavy atom. The van der Waals surface area contributed by atoms with Crippen molar-refractivity contribution < 1.29 is 19.4 Å². The van der Waals surface area contributed by atoms with E-state index in [9.17, 15) is 4.79 Å². The van der Waals surface area contributed by atoms with Crippen LogP contribution in [-0.4, -0.2) is 24.3 Å². The molecule has 0 amide bonds. The van der Waals surface area contributed by atoms with Crippen molar-refractivity contribution in [1.29, 1.82) is 0 Å². The molecule has 0 aliphatic heterocycles. The van der Waals surface area contributed by atoms with Crippen LogP contribution in [0.25, 0.3) is 17.2 Å². The highest BCUT2D eigenvalue weighted by molar-refractivity contribution is 5.85. The smallest absolute Gasteiger partial charge is 0.328 e. The van der Waals surface area contributed by atoms with Gasteiger partial charge in [0.1, 0.15) is 0 Å². The topological polar surface area (TPSA) is 55.8 Å². The molecule has 0 bridgehead atoms. The van der Waals surface area contributed by atoms with Crippen molar-refractivity contribution >= 4 is 12.0 Å². The second kappa shape index (κ2) is 7.88. The predicted molar refractivity (Wildman–Crippen MR) is 98.0 cm³/mol. The van der Waals surface area contributed by atoms with Gasteiger partial charge in [0, 0.05) is 6.08 Å². The van der Waals surface area contributed by atoms with E-state index in [1.165, 1.54) is 12.8 Å². The maximum atomic E-state index is 10.7. The van der Waals surface area contributed by atoms with Crippen LogP contribution in [0.15, 0.2) is 48.5 Å². The van der Waals surface area contributed by atoms with E-state index in [4.69, 9.17) is 14.6 Å². The second-order valence-corrected chi connectivity index (χ2v) is 6.19. The zero-order chi connectivity index (χ0) is 17.6. The van der Waals surface area contributed by atoms with E-state index in [0.717, 1.165) is 47.1 Å². The predicted octanol–water partition coefficient (Wildman–Crippen LogP) is 4.78. The summed E-state index contributed by atoms with van der Waals surface area (Å²) in [6.45, 7) is 0. The third kappa shape index (κ3) is 4.41. The van der Waals surface area contributed by atoms with Crippen LogP contribution in [0.2, 0.25) is 0 Å². The zero-order valence-corrected chi connectivity index (χ0v) is 14.3. The highest BCUT2D eigenvalue weighted by atomic mass is 16.5. The lowest BCUT2D eigenvalue weighted by Gasteiger charge is -2.17. The molecule has 1 saturated carbocycles. The minimum atomic E-state index is -0.956. The molecule has 2 aromatic rings. The second-order valence-electron chi connectivity index (χ2n) is 6.19. The van der Waals surface area contributed by atoms with E-state index in [1.54, 1.807) is 13.2 Å². The summed E-state index contributed by atoms with van der Waals surface area (Å²) < 4.78 is 11.6. The first-order valence-corrected chi connectivity index (χ1v) is 8.52. The number of hydrogen-bond acceptors (Lipinski definition) is 3. The van der Waals surface area contributed by atoms with Crippen LogP contribution in [0, 0.1) is 0 Å². The van der Waals surface area contributed by atoms with Crippen LogP contribution in [0.1, 0.15) is 31.2 Å². The molecule has 25 heavy (non-hydrogen) atoms. The van der Waals surface area contributed by atoms with Gasteiger partial charge in [0.25, 0.3) is 0 Å². The average Bonchev–Trinajstić information content (AvgIpc) is 3.13. The van der Waals surface area contributed by atoms with Crippen LogP contribution >= 0.6 is 0 Å². The molecule has 1 N–H and O–H groups in total. The van der Waals surface area contributed by atoms with Crippen LogP contribution in [-0.2, 0) is 4.79 Å². The molecule has 3 rings (SSSR count). The van der Waals surface area contributed by atoms with Gasteiger partial charge in [0.2, 0.25) is 0 Å². The van der Waals surface area contributed by atoms with Gasteiger partial charge in [-0.25, -0.2) is 4.79 Å². The molecular weight excluding hydrogens is 316 g/mol. The lowest BCUT2D eigenvalue weighted by Crippen LogP contribution is -2.11. The summed E-state index contributed by atoms with van der Waals surface area (Å²) >= 11 is 0. The van der Waals surface area contributed by atoms with Crippen molar-refractivity contribution in [2.45, 2.75) is 31.8 Å². The number of benzene rings is 2. The molecule has 130 valence electrons. The van der Waals surface area contributed by atoms with Crippen molar-refractivity contribution in [1.82, 2.24) is 0 Å². The Bertz CT molecular complexity index is 773. The van der Waals surface area contributed by atoms with Crippen LogP contribution in [0.3, 0.4) is 0 Å². The standard InChI is InChI=1S/C21H22O4/c1-24-19-11-10-17(14-20(19)25-18-7-2-3-8-18)16-6-4-5-15(13-16)9-12-21(22)23/h4-6,9-14,18H,2-3,7-8H2,1H3,(H,22,23). The molecule has 0 aromatic heterocycles. The molecular formula is C21H22O4. The summed E-state index contributed by atoms with van der Waals surface area (Å²) in [5, 5.41) is 8.77. The molecule has 0 saturated heterocycles. The molecule has 0 atom stereocenters. The van der Waals surface area contributed by atoms with Gasteiger partial charge in [-0.05, 0) is 66.6 Å². The normalized spacial score (nSPS) is 14.8. The first kappa shape index (κ1) is 17.1. The quantitative estimate of drug-likeness (QED) is 0.770. The third-order valence-electron chi connectivity index (χ3n) is 4.40. The summed E-state index contributed by atoms with van der Waals surface area (Å²) in [5.41, 5.74) is 2.86. The Balaban J connectivity index is 1.89. The van der Waals surface area contributed by atoms with Gasteiger partial charge in [-0.3, -0.25) is 0 Å². The van der Waals surface area contributed by atoms with E-state index in [2.05, 4.69) is 0 Å². The summed E-state index contributed by atoms with van der Waals surface area (Å²) in [4.78, 5) is 10.7. The zero-order valence-electron chi connectivity index (χ0n) is 14.3. The Morgan fingerprint density at radius 1 is 1.08 bits per heavy atom. The van der Waals surface area contributed by atoms with Gasteiger partial charge in [0.05, 0.1) is 13.2 Å². The van der Waals surface area contributed by atoms with Crippen LogP contribution in [0.4, 0.5) is 0 Å². The molecule has 4 nitrogen and oxygen atoms in total. The Kier molecular flexibility index (Phi) is 5.39. The molecule has 0 unspecified atom stereocenters. The molecule has 0 radical (unpaired) electrons. The average molecular weight is 338 g/mol. The van der Waals surface area contributed by atoms with Crippen molar-refractivity contribution in [2.24, 2.45) is 0 Å². The molecule has 4 heteroatoms.